The molecule has 0 unspecified atom stereocenters. The molecule has 2 nitrogen and oxygen atoms in total. The topological polar surface area (TPSA) is 29.3 Å². The summed E-state index contributed by atoms with van der Waals surface area (Å²) in [5.74, 6) is 0. The molecular weight excluding hydrogens is 131 g/mol. The zero-order valence-corrected chi connectivity index (χ0v) is 7.02. The largest absolute Gasteiger partial charge is 0.318 e. The van der Waals surface area contributed by atoms with E-state index in [-0.39, 0.29) is 0 Å². The van der Waals surface area contributed by atoms with E-state index in [1.165, 1.54) is 0 Å². The summed E-state index contributed by atoms with van der Waals surface area (Å²) >= 11 is 0. The summed E-state index contributed by atoms with van der Waals surface area (Å²) in [4.78, 5) is 1.86. The molecule has 0 fully saturated rings. The van der Waals surface area contributed by atoms with Crippen LogP contribution in [0.1, 0.15) is 20.8 Å². The average molecular weight is 148 g/mol. The van der Waals surface area contributed by atoms with Crippen molar-refractivity contribution in [2.75, 3.05) is 19.8 Å². The number of alkyl halides is 1. The first-order chi connectivity index (χ1) is 4.49. The molecule has 0 aromatic carbocycles. The van der Waals surface area contributed by atoms with Crippen molar-refractivity contribution in [2.24, 2.45) is 5.73 Å². The fourth-order valence-electron chi connectivity index (χ4n) is 0.837. The molecule has 0 heterocycles. The normalized spacial score (nSPS) is 12.6. The Balaban J connectivity index is 3.63. The van der Waals surface area contributed by atoms with Crippen LogP contribution in [0.15, 0.2) is 0 Å². The number of nitrogens with two attached hydrogens (primary N) is 1. The van der Waals surface area contributed by atoms with Gasteiger partial charge in [0.15, 0.2) is 0 Å². The van der Waals surface area contributed by atoms with Gasteiger partial charge < -0.3 is 5.73 Å². The lowest BCUT2D eigenvalue weighted by Crippen LogP contribution is -2.39. The molecule has 0 aromatic rings. The van der Waals surface area contributed by atoms with Crippen LogP contribution >= 0.6 is 0 Å². The second kappa shape index (κ2) is 3.88. The van der Waals surface area contributed by atoms with Crippen molar-refractivity contribution in [2.45, 2.75) is 26.4 Å². The van der Waals surface area contributed by atoms with E-state index in [1.807, 2.05) is 11.8 Å². The van der Waals surface area contributed by atoms with Crippen molar-refractivity contribution < 1.29 is 4.39 Å². The van der Waals surface area contributed by atoms with Crippen LogP contribution in [0.3, 0.4) is 0 Å². The third-order valence-corrected chi connectivity index (χ3v) is 1.31. The Morgan fingerprint density at radius 3 is 2.10 bits per heavy atom. The predicted molar refractivity (Wildman–Crippen MR) is 41.5 cm³/mol. The highest BCUT2D eigenvalue weighted by Gasteiger charge is 2.18. The van der Waals surface area contributed by atoms with E-state index in [2.05, 4.69) is 0 Å². The molecule has 0 saturated heterocycles. The van der Waals surface area contributed by atoms with Crippen molar-refractivity contribution >= 4 is 0 Å². The Hall–Kier alpha value is -0.150. The molecule has 0 spiro atoms. The number of hydrogen-bond acceptors (Lipinski definition) is 2. The van der Waals surface area contributed by atoms with E-state index >= 15 is 0 Å². The summed E-state index contributed by atoms with van der Waals surface area (Å²) in [6.07, 6.45) is 0. The molecule has 2 N–H and O–H groups in total. The zero-order chi connectivity index (χ0) is 8.20. The van der Waals surface area contributed by atoms with E-state index in [4.69, 9.17) is 5.73 Å². The second-order valence-corrected chi connectivity index (χ2v) is 3.05. The third-order valence-electron chi connectivity index (χ3n) is 1.31. The molecule has 0 saturated carbocycles. The molecule has 0 atom stereocenters. The molecule has 0 aliphatic heterocycles. The van der Waals surface area contributed by atoms with Crippen molar-refractivity contribution in [1.29, 1.82) is 0 Å². The van der Waals surface area contributed by atoms with Gasteiger partial charge in [-0.05, 0) is 20.4 Å². The summed E-state index contributed by atoms with van der Waals surface area (Å²) in [5, 5.41) is 0. The molecule has 0 aliphatic carbocycles. The Kier molecular flexibility index (Phi) is 3.83. The van der Waals surface area contributed by atoms with E-state index in [0.29, 0.717) is 13.2 Å². The Labute approximate surface area is 62.2 Å². The molecular formula is C7H17FN2. The van der Waals surface area contributed by atoms with Gasteiger partial charge in [-0.15, -0.1) is 0 Å². The highest BCUT2D eigenvalue weighted by molar-refractivity contribution is 4.70. The van der Waals surface area contributed by atoms with E-state index in [9.17, 15) is 4.39 Å². The maximum absolute atomic E-state index is 12.9. The number of rotatable bonds is 4. The molecule has 0 aliphatic rings. The third kappa shape index (κ3) is 4.70. The van der Waals surface area contributed by atoms with Gasteiger partial charge in [0.05, 0.1) is 0 Å². The molecule has 10 heavy (non-hydrogen) atoms. The molecule has 0 aromatic heterocycles. The summed E-state index contributed by atoms with van der Waals surface area (Å²) in [6.45, 7) is 6.75. The van der Waals surface area contributed by atoms with Crippen LogP contribution < -0.4 is 5.73 Å². The van der Waals surface area contributed by atoms with Gasteiger partial charge in [-0.25, -0.2) is 4.39 Å². The highest BCUT2D eigenvalue weighted by atomic mass is 19.1. The number of hydrogen-bond donors (Lipinski definition) is 1. The lowest BCUT2D eigenvalue weighted by molar-refractivity contribution is 0.131. The minimum atomic E-state index is -1.13. The van der Waals surface area contributed by atoms with Crippen LogP contribution in [0.2, 0.25) is 0 Å². The van der Waals surface area contributed by atoms with Gasteiger partial charge in [0.2, 0.25) is 0 Å². The van der Waals surface area contributed by atoms with Gasteiger partial charge in [-0.3, -0.25) is 4.90 Å². The summed E-state index contributed by atoms with van der Waals surface area (Å²) in [7, 11) is 0. The highest BCUT2D eigenvalue weighted by Crippen LogP contribution is 2.09. The van der Waals surface area contributed by atoms with Gasteiger partial charge in [0.1, 0.15) is 5.67 Å². The summed E-state index contributed by atoms with van der Waals surface area (Å²) in [5.41, 5.74) is 4.22. The van der Waals surface area contributed by atoms with Crippen molar-refractivity contribution in [3.05, 3.63) is 0 Å². The molecule has 3 heteroatoms. The van der Waals surface area contributed by atoms with Gasteiger partial charge in [-0.2, -0.15) is 0 Å². The van der Waals surface area contributed by atoms with Crippen LogP contribution in [0.5, 0.6) is 0 Å². The Bertz CT molecular complexity index is 84.1. The second-order valence-electron chi connectivity index (χ2n) is 3.05. The van der Waals surface area contributed by atoms with Crippen LogP contribution in [0, 0.1) is 0 Å². The molecule has 0 radical (unpaired) electrons. The van der Waals surface area contributed by atoms with Gasteiger partial charge in [0, 0.05) is 13.2 Å². The van der Waals surface area contributed by atoms with E-state index < -0.39 is 5.67 Å². The summed E-state index contributed by atoms with van der Waals surface area (Å²) in [6, 6.07) is 0. The van der Waals surface area contributed by atoms with Gasteiger partial charge in [-0.1, -0.05) is 6.92 Å². The minimum absolute atomic E-state index is 0.417. The SMILES string of the molecule is CCN(CN)CC(C)(C)F. The Morgan fingerprint density at radius 1 is 1.50 bits per heavy atom. The zero-order valence-electron chi connectivity index (χ0n) is 7.02. The minimum Gasteiger partial charge on any atom is -0.318 e. The maximum Gasteiger partial charge on any atom is 0.118 e. The van der Waals surface area contributed by atoms with Crippen LogP contribution in [0.25, 0.3) is 0 Å². The average Bonchev–Trinajstić information content (AvgIpc) is 1.81. The van der Waals surface area contributed by atoms with Crippen molar-refractivity contribution in [1.82, 2.24) is 4.90 Å². The van der Waals surface area contributed by atoms with Gasteiger partial charge >= 0.3 is 0 Å². The monoisotopic (exact) mass is 148 g/mol. The van der Waals surface area contributed by atoms with Crippen LogP contribution in [-0.2, 0) is 0 Å². The quantitative estimate of drug-likeness (QED) is 0.602. The van der Waals surface area contributed by atoms with E-state index in [0.717, 1.165) is 6.54 Å². The fraction of sp³-hybridized carbons (Fsp3) is 1.00. The molecule has 0 rings (SSSR count). The lowest BCUT2D eigenvalue weighted by Gasteiger charge is -2.24. The first-order valence-corrected chi connectivity index (χ1v) is 3.61. The predicted octanol–water partition coefficient (Wildman–Crippen LogP) is 0.973. The standard InChI is InChI=1S/C7H17FN2/c1-4-10(6-9)5-7(2,3)8/h4-6,9H2,1-3H3. The van der Waals surface area contributed by atoms with Crippen LogP contribution in [0.4, 0.5) is 4.39 Å². The van der Waals surface area contributed by atoms with Crippen LogP contribution in [-0.4, -0.2) is 30.3 Å². The fourth-order valence-corrected chi connectivity index (χ4v) is 0.837. The number of nitrogens with zero attached hydrogens (tertiary/aromatic N) is 1. The number of halogens is 1. The molecule has 62 valence electrons. The Morgan fingerprint density at radius 2 is 2.00 bits per heavy atom. The molecule has 0 amide bonds. The van der Waals surface area contributed by atoms with E-state index in [1.54, 1.807) is 13.8 Å². The first kappa shape index (κ1) is 9.85. The smallest absolute Gasteiger partial charge is 0.118 e. The summed E-state index contributed by atoms with van der Waals surface area (Å²) < 4.78 is 12.9. The van der Waals surface area contributed by atoms with Gasteiger partial charge in [0.25, 0.3) is 0 Å². The van der Waals surface area contributed by atoms with Crippen molar-refractivity contribution in [3.63, 3.8) is 0 Å². The van der Waals surface area contributed by atoms with Crippen molar-refractivity contribution in [3.8, 4) is 0 Å². The lowest BCUT2D eigenvalue weighted by atomic mass is 10.1. The maximum atomic E-state index is 12.9. The first-order valence-electron chi connectivity index (χ1n) is 3.61. The molecule has 0 bridgehead atoms.